The van der Waals surface area contributed by atoms with Gasteiger partial charge in [0.25, 0.3) is 0 Å². The lowest BCUT2D eigenvalue weighted by Crippen LogP contribution is -2.09. The Hall–Kier alpha value is -0.590. The van der Waals surface area contributed by atoms with Gasteiger partial charge in [-0.2, -0.15) is 0 Å². The first-order valence-electron chi connectivity index (χ1n) is 4.22. The van der Waals surface area contributed by atoms with Crippen LogP contribution in [-0.4, -0.2) is 6.21 Å². The zero-order chi connectivity index (χ0) is 8.91. The molecule has 1 heteroatoms. The van der Waals surface area contributed by atoms with Crippen LogP contribution in [0, 0.1) is 10.8 Å². The van der Waals surface area contributed by atoms with Crippen molar-refractivity contribution < 1.29 is 0 Å². The first-order valence-corrected chi connectivity index (χ1v) is 4.22. The lowest BCUT2D eigenvalue weighted by Gasteiger charge is -2.22. The molecule has 0 bridgehead atoms. The molecule has 0 fully saturated rings. The minimum Gasteiger partial charge on any atom is -0.309 e. The van der Waals surface area contributed by atoms with Crippen molar-refractivity contribution in [1.29, 1.82) is 5.41 Å². The van der Waals surface area contributed by atoms with E-state index in [2.05, 4.69) is 27.7 Å². The second-order valence-electron chi connectivity index (χ2n) is 3.86. The predicted octanol–water partition coefficient (Wildman–Crippen LogP) is 3.41. The van der Waals surface area contributed by atoms with Crippen LogP contribution in [0.15, 0.2) is 11.6 Å². The molecule has 0 unspecified atom stereocenters. The lowest BCUT2D eigenvalue weighted by molar-refractivity contribution is 0.481. The van der Waals surface area contributed by atoms with Gasteiger partial charge in [-0.05, 0) is 17.9 Å². The molecule has 1 N–H and O–H groups in total. The molecule has 11 heavy (non-hydrogen) atoms. The Morgan fingerprint density at radius 2 is 1.91 bits per heavy atom. The van der Waals surface area contributed by atoms with Crippen molar-refractivity contribution in [2.45, 2.75) is 40.5 Å². The predicted molar refractivity (Wildman–Crippen MR) is 51.2 cm³/mol. The molecule has 0 saturated heterocycles. The normalized spacial score (nSPS) is 13.3. The van der Waals surface area contributed by atoms with E-state index in [9.17, 15) is 0 Å². The summed E-state index contributed by atoms with van der Waals surface area (Å²) in [7, 11) is 0. The Bertz CT molecular complexity index is 149. The summed E-state index contributed by atoms with van der Waals surface area (Å²) in [6, 6.07) is 0. The molecule has 0 heterocycles. The Balaban J connectivity index is 4.34. The molecule has 64 valence electrons. The molecular weight excluding hydrogens is 134 g/mol. The van der Waals surface area contributed by atoms with Gasteiger partial charge in [0, 0.05) is 6.21 Å². The van der Waals surface area contributed by atoms with Gasteiger partial charge in [-0.15, -0.1) is 0 Å². The molecule has 0 rings (SSSR count). The molecule has 0 aromatic rings. The second-order valence-corrected chi connectivity index (χ2v) is 3.86. The fraction of sp³-hybridized carbons (Fsp3) is 0.700. The van der Waals surface area contributed by atoms with Crippen molar-refractivity contribution in [1.82, 2.24) is 0 Å². The largest absolute Gasteiger partial charge is 0.309 e. The summed E-state index contributed by atoms with van der Waals surface area (Å²) >= 11 is 0. The van der Waals surface area contributed by atoms with E-state index in [1.165, 1.54) is 11.8 Å². The number of hydrogen-bond acceptors (Lipinski definition) is 1. The molecular formula is C10H19N. The summed E-state index contributed by atoms with van der Waals surface area (Å²) in [6.45, 7) is 8.75. The highest BCUT2D eigenvalue weighted by molar-refractivity contribution is 5.69. The Labute approximate surface area is 70.0 Å². The van der Waals surface area contributed by atoms with Crippen molar-refractivity contribution in [3.05, 3.63) is 11.6 Å². The van der Waals surface area contributed by atoms with Crippen LogP contribution in [-0.2, 0) is 0 Å². The standard InChI is InChI=1S/C10H19N/c1-5-6-9(7-8-11)10(2,3)4/h7-8,11H,5-6H2,1-4H3/b9-7+,11-8?. The molecule has 1 nitrogen and oxygen atoms in total. The van der Waals surface area contributed by atoms with Crippen molar-refractivity contribution >= 4 is 6.21 Å². The fourth-order valence-corrected chi connectivity index (χ4v) is 1.08. The quantitative estimate of drug-likeness (QED) is 0.601. The van der Waals surface area contributed by atoms with Crippen LogP contribution in [0.5, 0.6) is 0 Å². The molecule has 0 radical (unpaired) electrons. The maximum Gasteiger partial charge on any atom is 0.0177 e. The summed E-state index contributed by atoms with van der Waals surface area (Å²) in [5.41, 5.74) is 1.60. The summed E-state index contributed by atoms with van der Waals surface area (Å²) in [5, 5.41) is 6.99. The van der Waals surface area contributed by atoms with E-state index in [1.54, 1.807) is 0 Å². The number of hydrogen-bond donors (Lipinski definition) is 1. The minimum absolute atomic E-state index is 0.230. The van der Waals surface area contributed by atoms with Crippen LogP contribution in [0.2, 0.25) is 0 Å². The van der Waals surface area contributed by atoms with Crippen LogP contribution >= 0.6 is 0 Å². The molecule has 0 spiro atoms. The van der Waals surface area contributed by atoms with E-state index in [0.717, 1.165) is 12.8 Å². The van der Waals surface area contributed by atoms with Crippen molar-refractivity contribution in [3.8, 4) is 0 Å². The Morgan fingerprint density at radius 3 is 2.18 bits per heavy atom. The molecule has 0 saturated carbocycles. The number of nitrogens with one attached hydrogen (secondary N) is 1. The summed E-state index contributed by atoms with van der Waals surface area (Å²) in [6.07, 6.45) is 5.58. The van der Waals surface area contributed by atoms with Crippen molar-refractivity contribution in [2.75, 3.05) is 0 Å². The first kappa shape index (κ1) is 10.4. The fourth-order valence-electron chi connectivity index (χ4n) is 1.08. The van der Waals surface area contributed by atoms with Crippen molar-refractivity contribution in [3.63, 3.8) is 0 Å². The second kappa shape index (κ2) is 4.32. The van der Waals surface area contributed by atoms with Crippen LogP contribution in [0.4, 0.5) is 0 Å². The van der Waals surface area contributed by atoms with E-state index in [0.29, 0.717) is 0 Å². The highest BCUT2D eigenvalue weighted by Crippen LogP contribution is 2.28. The van der Waals surface area contributed by atoms with E-state index in [-0.39, 0.29) is 5.41 Å². The molecule has 0 atom stereocenters. The lowest BCUT2D eigenvalue weighted by atomic mass is 9.84. The molecule has 0 aromatic carbocycles. The highest BCUT2D eigenvalue weighted by Gasteiger charge is 2.14. The Kier molecular flexibility index (Phi) is 4.09. The molecule has 0 aliphatic heterocycles. The molecule has 0 aliphatic carbocycles. The summed E-state index contributed by atoms with van der Waals surface area (Å²) in [5.74, 6) is 0. The third kappa shape index (κ3) is 3.97. The highest BCUT2D eigenvalue weighted by atomic mass is 14.3. The zero-order valence-electron chi connectivity index (χ0n) is 8.07. The summed E-state index contributed by atoms with van der Waals surface area (Å²) < 4.78 is 0. The molecule has 0 aromatic heterocycles. The first-order chi connectivity index (χ1) is 5.02. The van der Waals surface area contributed by atoms with Crippen molar-refractivity contribution in [2.24, 2.45) is 5.41 Å². The smallest absolute Gasteiger partial charge is 0.0177 e. The van der Waals surface area contributed by atoms with E-state index in [1.807, 2.05) is 6.08 Å². The van der Waals surface area contributed by atoms with Gasteiger partial charge in [0.1, 0.15) is 0 Å². The number of rotatable bonds is 3. The van der Waals surface area contributed by atoms with E-state index in [4.69, 9.17) is 5.41 Å². The van der Waals surface area contributed by atoms with Gasteiger partial charge in [-0.1, -0.05) is 39.7 Å². The monoisotopic (exact) mass is 153 g/mol. The van der Waals surface area contributed by atoms with Crippen LogP contribution < -0.4 is 0 Å². The average Bonchev–Trinajstić information content (AvgIpc) is 1.85. The maximum absolute atomic E-state index is 6.99. The Morgan fingerprint density at radius 1 is 1.36 bits per heavy atom. The third-order valence-corrected chi connectivity index (χ3v) is 1.77. The van der Waals surface area contributed by atoms with Gasteiger partial charge in [0.2, 0.25) is 0 Å². The van der Waals surface area contributed by atoms with E-state index < -0.39 is 0 Å². The molecule has 0 amide bonds. The minimum atomic E-state index is 0.230. The molecule has 0 aliphatic rings. The van der Waals surface area contributed by atoms with Gasteiger partial charge < -0.3 is 5.41 Å². The van der Waals surface area contributed by atoms with Gasteiger partial charge in [-0.3, -0.25) is 0 Å². The average molecular weight is 153 g/mol. The SMILES string of the molecule is CCC/C(=C\C=N)C(C)(C)C. The topological polar surface area (TPSA) is 23.9 Å². The maximum atomic E-state index is 6.99. The van der Waals surface area contributed by atoms with E-state index >= 15 is 0 Å². The van der Waals surface area contributed by atoms with Gasteiger partial charge >= 0.3 is 0 Å². The number of allylic oxidation sites excluding steroid dienone is 2. The van der Waals surface area contributed by atoms with Crippen LogP contribution in [0.1, 0.15) is 40.5 Å². The van der Waals surface area contributed by atoms with Gasteiger partial charge in [0.15, 0.2) is 0 Å². The van der Waals surface area contributed by atoms with Gasteiger partial charge in [-0.25, -0.2) is 0 Å². The third-order valence-electron chi connectivity index (χ3n) is 1.77. The zero-order valence-corrected chi connectivity index (χ0v) is 8.07. The van der Waals surface area contributed by atoms with Crippen LogP contribution in [0.25, 0.3) is 0 Å². The summed E-state index contributed by atoms with van der Waals surface area (Å²) in [4.78, 5) is 0. The van der Waals surface area contributed by atoms with Crippen LogP contribution in [0.3, 0.4) is 0 Å². The van der Waals surface area contributed by atoms with Gasteiger partial charge in [0.05, 0.1) is 0 Å².